The Morgan fingerprint density at radius 2 is 1.79 bits per heavy atom. The molecule has 24 heavy (non-hydrogen) atoms. The first-order valence-electron chi connectivity index (χ1n) is 7.18. The number of aromatic hydroxyl groups is 1. The van der Waals surface area contributed by atoms with Crippen molar-refractivity contribution in [3.8, 4) is 16.9 Å². The summed E-state index contributed by atoms with van der Waals surface area (Å²) >= 11 is 1.41. The van der Waals surface area contributed by atoms with Crippen molar-refractivity contribution in [1.82, 2.24) is 10.3 Å². The maximum absolute atomic E-state index is 11.7. The van der Waals surface area contributed by atoms with E-state index in [1.165, 1.54) is 11.3 Å². The van der Waals surface area contributed by atoms with Crippen molar-refractivity contribution in [3.05, 3.63) is 47.5 Å². The average molecular weight is 342 g/mol. The highest BCUT2D eigenvalue weighted by Gasteiger charge is 2.11. The smallest absolute Gasteiger partial charge is 0.322 e. The number of carboxylic acids is 1. The zero-order chi connectivity index (χ0) is 17.1. The summed E-state index contributed by atoms with van der Waals surface area (Å²) in [6.45, 7) is -0.394. The van der Waals surface area contributed by atoms with Crippen molar-refractivity contribution in [2.24, 2.45) is 0 Å². The molecule has 0 radical (unpaired) electrons. The molecule has 0 aliphatic rings. The summed E-state index contributed by atoms with van der Waals surface area (Å²) in [5, 5.41) is 20.9. The molecule has 1 aromatic heterocycles. The molecule has 3 rings (SSSR count). The van der Waals surface area contributed by atoms with Crippen molar-refractivity contribution in [2.75, 3.05) is 6.54 Å². The highest BCUT2D eigenvalue weighted by atomic mass is 32.1. The van der Waals surface area contributed by atoms with Crippen molar-refractivity contribution < 1.29 is 19.8 Å². The summed E-state index contributed by atoms with van der Waals surface area (Å²) in [6.07, 6.45) is 0.0567. The van der Waals surface area contributed by atoms with Crippen LogP contribution in [0.3, 0.4) is 0 Å². The van der Waals surface area contributed by atoms with E-state index in [4.69, 9.17) is 5.11 Å². The van der Waals surface area contributed by atoms with E-state index < -0.39 is 12.5 Å². The third-order valence-corrected chi connectivity index (χ3v) is 4.42. The summed E-state index contributed by atoms with van der Waals surface area (Å²) in [5.41, 5.74) is 2.71. The predicted octanol–water partition coefficient (Wildman–Crippen LogP) is 2.41. The number of rotatable bonds is 5. The van der Waals surface area contributed by atoms with E-state index in [0.717, 1.165) is 21.3 Å². The Morgan fingerprint density at radius 3 is 2.50 bits per heavy atom. The molecule has 0 aliphatic heterocycles. The number of fused-ring (bicyclic) bond motifs is 1. The van der Waals surface area contributed by atoms with E-state index in [1.807, 2.05) is 30.3 Å². The highest BCUT2D eigenvalue weighted by Crippen LogP contribution is 2.28. The maximum Gasteiger partial charge on any atom is 0.322 e. The van der Waals surface area contributed by atoms with Crippen molar-refractivity contribution in [1.29, 1.82) is 0 Å². The minimum atomic E-state index is -1.08. The number of carbonyl (C=O) groups excluding carboxylic acids is 1. The number of aromatic nitrogens is 1. The number of thiazole rings is 1. The Labute approximate surface area is 141 Å². The minimum absolute atomic E-state index is 0.0567. The van der Waals surface area contributed by atoms with Crippen LogP contribution in [0.5, 0.6) is 5.75 Å². The molecular formula is C17H14N2O4S. The van der Waals surface area contributed by atoms with E-state index >= 15 is 0 Å². The largest absolute Gasteiger partial charge is 0.508 e. The number of benzene rings is 2. The van der Waals surface area contributed by atoms with Gasteiger partial charge in [-0.15, -0.1) is 11.3 Å². The first-order valence-corrected chi connectivity index (χ1v) is 8.00. The van der Waals surface area contributed by atoms with E-state index in [1.54, 1.807) is 12.1 Å². The van der Waals surface area contributed by atoms with E-state index in [9.17, 15) is 14.7 Å². The molecule has 0 aliphatic carbocycles. The van der Waals surface area contributed by atoms with Gasteiger partial charge in [0, 0.05) is 0 Å². The molecule has 0 spiro atoms. The zero-order valence-electron chi connectivity index (χ0n) is 12.5. The number of hydrogen-bond donors (Lipinski definition) is 3. The summed E-state index contributed by atoms with van der Waals surface area (Å²) in [6, 6.07) is 12.7. The Kier molecular flexibility index (Phi) is 4.43. The predicted molar refractivity (Wildman–Crippen MR) is 91.1 cm³/mol. The molecule has 0 unspecified atom stereocenters. The van der Waals surface area contributed by atoms with Crippen LogP contribution < -0.4 is 5.32 Å². The van der Waals surface area contributed by atoms with Gasteiger partial charge in [0.15, 0.2) is 0 Å². The molecule has 7 heteroatoms. The average Bonchev–Trinajstić information content (AvgIpc) is 2.94. The fourth-order valence-corrected chi connectivity index (χ4v) is 3.20. The van der Waals surface area contributed by atoms with Gasteiger partial charge in [0.1, 0.15) is 17.3 Å². The number of phenolic OH excluding ortho intramolecular Hbond substituents is 1. The number of amides is 1. The number of carbonyl (C=O) groups is 2. The lowest BCUT2D eigenvalue weighted by Crippen LogP contribution is -2.30. The zero-order valence-corrected chi connectivity index (χ0v) is 13.3. The van der Waals surface area contributed by atoms with Crippen molar-refractivity contribution in [2.45, 2.75) is 6.42 Å². The van der Waals surface area contributed by atoms with Crippen molar-refractivity contribution >= 4 is 33.4 Å². The van der Waals surface area contributed by atoms with Crippen LogP contribution in [-0.2, 0) is 16.0 Å². The maximum atomic E-state index is 11.7. The fourth-order valence-electron chi connectivity index (χ4n) is 2.26. The lowest BCUT2D eigenvalue weighted by atomic mass is 10.1. The highest BCUT2D eigenvalue weighted by molar-refractivity contribution is 7.18. The van der Waals surface area contributed by atoms with Gasteiger partial charge in [-0.3, -0.25) is 9.59 Å². The molecule has 0 bridgehead atoms. The summed E-state index contributed by atoms with van der Waals surface area (Å²) in [7, 11) is 0. The van der Waals surface area contributed by atoms with Crippen LogP contribution in [0, 0.1) is 0 Å². The van der Waals surface area contributed by atoms with Crippen LogP contribution in [0.25, 0.3) is 21.3 Å². The van der Waals surface area contributed by atoms with Crippen LogP contribution in [0.1, 0.15) is 5.01 Å². The number of nitrogens with one attached hydrogen (secondary N) is 1. The molecular weight excluding hydrogens is 328 g/mol. The second-order valence-corrected chi connectivity index (χ2v) is 6.30. The summed E-state index contributed by atoms with van der Waals surface area (Å²) < 4.78 is 0.957. The molecule has 1 heterocycles. The molecule has 0 atom stereocenters. The number of nitrogens with zero attached hydrogens (tertiary/aromatic N) is 1. The number of phenols is 1. The van der Waals surface area contributed by atoms with E-state index in [-0.39, 0.29) is 18.1 Å². The first-order chi connectivity index (χ1) is 11.5. The molecule has 0 saturated carbocycles. The monoisotopic (exact) mass is 342 g/mol. The summed E-state index contributed by atoms with van der Waals surface area (Å²) in [5.74, 6) is -1.23. The van der Waals surface area contributed by atoms with Gasteiger partial charge in [-0.1, -0.05) is 18.2 Å². The molecule has 122 valence electrons. The molecule has 0 saturated heterocycles. The standard InChI is InChI=1S/C17H14N2O4S/c20-12-4-1-10(2-5-12)11-3-6-14-13(7-11)19-16(24-14)8-15(21)18-9-17(22)23/h1-7,20H,8-9H2,(H,18,21)(H,22,23). The SMILES string of the molecule is O=C(O)CNC(=O)Cc1nc2cc(-c3ccc(O)cc3)ccc2s1. The Balaban J connectivity index is 1.80. The van der Waals surface area contributed by atoms with Crippen molar-refractivity contribution in [3.63, 3.8) is 0 Å². The van der Waals surface area contributed by atoms with Gasteiger partial charge >= 0.3 is 5.97 Å². The van der Waals surface area contributed by atoms with Gasteiger partial charge < -0.3 is 15.5 Å². The van der Waals surface area contributed by atoms with Gasteiger partial charge in [-0.05, 0) is 35.4 Å². The second-order valence-electron chi connectivity index (χ2n) is 5.18. The second kappa shape index (κ2) is 6.67. The number of carboxylic acid groups (broad SMARTS) is 1. The van der Waals surface area contributed by atoms with Gasteiger partial charge in [-0.2, -0.15) is 0 Å². The summed E-state index contributed by atoms with van der Waals surface area (Å²) in [4.78, 5) is 26.6. The minimum Gasteiger partial charge on any atom is -0.508 e. The van der Waals surface area contributed by atoms with Gasteiger partial charge in [0.2, 0.25) is 5.91 Å². The Bertz CT molecular complexity index is 903. The van der Waals surface area contributed by atoms with E-state index in [0.29, 0.717) is 5.01 Å². The molecule has 0 fully saturated rings. The quantitative estimate of drug-likeness (QED) is 0.661. The molecule has 3 aromatic rings. The fraction of sp³-hybridized carbons (Fsp3) is 0.118. The lowest BCUT2D eigenvalue weighted by molar-refractivity contribution is -0.137. The number of aliphatic carboxylic acids is 1. The third kappa shape index (κ3) is 3.69. The van der Waals surface area contributed by atoms with Crippen LogP contribution in [0.4, 0.5) is 0 Å². The Hall–Kier alpha value is -2.93. The molecule has 1 amide bonds. The van der Waals surface area contributed by atoms with Gasteiger partial charge in [-0.25, -0.2) is 4.98 Å². The van der Waals surface area contributed by atoms with Gasteiger partial charge in [0.05, 0.1) is 16.6 Å². The van der Waals surface area contributed by atoms with Crippen LogP contribution in [-0.4, -0.2) is 33.6 Å². The molecule has 2 aromatic carbocycles. The molecule has 6 nitrogen and oxygen atoms in total. The van der Waals surface area contributed by atoms with Crippen LogP contribution in [0.2, 0.25) is 0 Å². The van der Waals surface area contributed by atoms with E-state index in [2.05, 4.69) is 10.3 Å². The number of hydrogen-bond acceptors (Lipinski definition) is 5. The Morgan fingerprint density at radius 1 is 1.08 bits per heavy atom. The lowest BCUT2D eigenvalue weighted by Gasteiger charge is -2.01. The first kappa shape index (κ1) is 15.9. The third-order valence-electron chi connectivity index (χ3n) is 3.38. The normalized spacial score (nSPS) is 10.7. The molecule has 3 N–H and O–H groups in total. The van der Waals surface area contributed by atoms with Crippen LogP contribution in [0.15, 0.2) is 42.5 Å². The van der Waals surface area contributed by atoms with Gasteiger partial charge in [0.25, 0.3) is 0 Å². The topological polar surface area (TPSA) is 99.5 Å². The van der Waals surface area contributed by atoms with Crippen LogP contribution >= 0.6 is 11.3 Å².